The van der Waals surface area contributed by atoms with E-state index in [4.69, 9.17) is 4.52 Å². The zero-order valence-corrected chi connectivity index (χ0v) is 14.0. The Morgan fingerprint density at radius 1 is 1.38 bits per heavy atom. The maximum absolute atomic E-state index is 13.3. The van der Waals surface area contributed by atoms with Crippen LogP contribution in [-0.4, -0.2) is 21.0 Å². The molecular formula is C16H15FN4O2S. The molecule has 1 N–H and O–H groups in total. The van der Waals surface area contributed by atoms with Crippen LogP contribution in [0.3, 0.4) is 0 Å². The lowest BCUT2D eigenvalue weighted by Crippen LogP contribution is -2.12. The maximum atomic E-state index is 13.3. The number of thiazole rings is 1. The first-order valence-corrected chi connectivity index (χ1v) is 8.14. The molecular weight excluding hydrogens is 331 g/mol. The van der Waals surface area contributed by atoms with Crippen molar-refractivity contribution in [2.24, 2.45) is 0 Å². The minimum absolute atomic E-state index is 0.165. The normalized spacial score (nSPS) is 10.8. The van der Waals surface area contributed by atoms with Crippen molar-refractivity contribution >= 4 is 22.4 Å². The van der Waals surface area contributed by atoms with Gasteiger partial charge in [-0.15, -0.1) is 11.3 Å². The molecule has 124 valence electrons. The zero-order chi connectivity index (χ0) is 17.1. The van der Waals surface area contributed by atoms with E-state index in [0.717, 1.165) is 4.88 Å². The minimum Gasteiger partial charge on any atom is -0.339 e. The van der Waals surface area contributed by atoms with Crippen LogP contribution in [0.15, 0.2) is 28.9 Å². The van der Waals surface area contributed by atoms with Crippen molar-refractivity contribution in [2.75, 3.05) is 5.32 Å². The van der Waals surface area contributed by atoms with E-state index in [0.29, 0.717) is 34.4 Å². The Kier molecular flexibility index (Phi) is 4.66. The fourth-order valence-electron chi connectivity index (χ4n) is 2.07. The second kappa shape index (κ2) is 6.88. The Balaban J connectivity index is 1.59. The standard InChI is InChI=1S/C16H15FN4O2S/c1-9-7-11(3-4-12(9)17)15-20-14(23-21-15)6-5-13(22)19-16-18-8-10(2)24-16/h3-4,7-8H,5-6H2,1-2H3,(H,18,19,22). The number of nitrogens with one attached hydrogen (secondary N) is 1. The number of hydrogen-bond acceptors (Lipinski definition) is 6. The van der Waals surface area contributed by atoms with Gasteiger partial charge >= 0.3 is 0 Å². The molecule has 2 aromatic heterocycles. The first-order chi connectivity index (χ1) is 11.5. The number of hydrogen-bond donors (Lipinski definition) is 1. The summed E-state index contributed by atoms with van der Waals surface area (Å²) in [6.07, 6.45) is 2.24. The van der Waals surface area contributed by atoms with Gasteiger partial charge in [0.1, 0.15) is 5.82 Å². The number of aromatic nitrogens is 3. The number of amides is 1. The molecule has 2 heterocycles. The first-order valence-electron chi connectivity index (χ1n) is 7.32. The number of anilines is 1. The summed E-state index contributed by atoms with van der Waals surface area (Å²) in [5.41, 5.74) is 1.18. The predicted molar refractivity (Wildman–Crippen MR) is 88.2 cm³/mol. The van der Waals surface area contributed by atoms with E-state index >= 15 is 0 Å². The zero-order valence-electron chi connectivity index (χ0n) is 13.2. The van der Waals surface area contributed by atoms with Crippen molar-refractivity contribution in [2.45, 2.75) is 26.7 Å². The van der Waals surface area contributed by atoms with Crippen molar-refractivity contribution in [1.82, 2.24) is 15.1 Å². The molecule has 24 heavy (non-hydrogen) atoms. The van der Waals surface area contributed by atoms with Crippen molar-refractivity contribution in [1.29, 1.82) is 0 Å². The number of halogens is 1. The molecule has 1 aromatic carbocycles. The van der Waals surface area contributed by atoms with Gasteiger partial charge in [0.15, 0.2) is 5.13 Å². The Hall–Kier alpha value is -2.61. The van der Waals surface area contributed by atoms with Gasteiger partial charge in [-0.1, -0.05) is 5.16 Å². The second-order valence-corrected chi connectivity index (χ2v) is 6.53. The highest BCUT2D eigenvalue weighted by atomic mass is 32.1. The van der Waals surface area contributed by atoms with Crippen molar-refractivity contribution in [3.05, 3.63) is 46.5 Å². The summed E-state index contributed by atoms with van der Waals surface area (Å²) < 4.78 is 18.4. The van der Waals surface area contributed by atoms with Gasteiger partial charge < -0.3 is 9.84 Å². The Bertz CT molecular complexity index is 875. The largest absolute Gasteiger partial charge is 0.339 e. The van der Waals surface area contributed by atoms with E-state index in [1.807, 2.05) is 6.92 Å². The van der Waals surface area contributed by atoms with E-state index in [2.05, 4.69) is 20.4 Å². The molecule has 0 bridgehead atoms. The first kappa shape index (κ1) is 16.3. The molecule has 0 radical (unpaired) electrons. The van der Waals surface area contributed by atoms with E-state index < -0.39 is 0 Å². The average Bonchev–Trinajstić information content (AvgIpc) is 3.17. The topological polar surface area (TPSA) is 80.9 Å². The van der Waals surface area contributed by atoms with Gasteiger partial charge in [-0.3, -0.25) is 4.79 Å². The molecule has 0 aliphatic heterocycles. The SMILES string of the molecule is Cc1cnc(NC(=O)CCc2nc(-c3ccc(F)c(C)c3)no2)s1. The van der Waals surface area contributed by atoms with Crippen LogP contribution in [-0.2, 0) is 11.2 Å². The molecule has 0 saturated heterocycles. The smallest absolute Gasteiger partial charge is 0.227 e. The van der Waals surface area contributed by atoms with Crippen LogP contribution in [0.1, 0.15) is 22.8 Å². The van der Waals surface area contributed by atoms with Gasteiger partial charge in [-0.05, 0) is 37.6 Å². The lowest BCUT2D eigenvalue weighted by atomic mass is 10.1. The fraction of sp³-hybridized carbons (Fsp3) is 0.250. The number of nitrogens with zero attached hydrogens (tertiary/aromatic N) is 3. The number of aryl methyl sites for hydroxylation is 3. The van der Waals surface area contributed by atoms with Gasteiger partial charge in [0.2, 0.25) is 17.6 Å². The second-order valence-electron chi connectivity index (χ2n) is 5.30. The van der Waals surface area contributed by atoms with Crippen LogP contribution in [0.5, 0.6) is 0 Å². The van der Waals surface area contributed by atoms with E-state index in [9.17, 15) is 9.18 Å². The molecule has 0 unspecified atom stereocenters. The van der Waals surface area contributed by atoms with E-state index in [-0.39, 0.29) is 18.1 Å². The van der Waals surface area contributed by atoms with Crippen molar-refractivity contribution in [3.8, 4) is 11.4 Å². The number of carbonyl (C=O) groups excluding carboxylic acids is 1. The molecule has 6 nitrogen and oxygen atoms in total. The third-order valence-electron chi connectivity index (χ3n) is 3.32. The summed E-state index contributed by atoms with van der Waals surface area (Å²) in [6, 6.07) is 4.61. The van der Waals surface area contributed by atoms with Crippen molar-refractivity contribution in [3.63, 3.8) is 0 Å². The summed E-state index contributed by atoms with van der Waals surface area (Å²) in [5.74, 6) is 0.291. The average molecular weight is 346 g/mol. The van der Waals surface area contributed by atoms with Gasteiger partial charge in [-0.25, -0.2) is 9.37 Å². The summed E-state index contributed by atoms with van der Waals surface area (Å²) in [7, 11) is 0. The summed E-state index contributed by atoms with van der Waals surface area (Å²) in [4.78, 5) is 21.2. The Morgan fingerprint density at radius 2 is 2.21 bits per heavy atom. The Labute approximate surface area is 141 Å². The molecule has 1 amide bonds. The van der Waals surface area contributed by atoms with Crippen LogP contribution in [0.4, 0.5) is 9.52 Å². The van der Waals surface area contributed by atoms with Crippen molar-refractivity contribution < 1.29 is 13.7 Å². The number of rotatable bonds is 5. The highest BCUT2D eigenvalue weighted by Crippen LogP contribution is 2.20. The minimum atomic E-state index is -0.281. The molecule has 0 saturated carbocycles. The molecule has 0 fully saturated rings. The Morgan fingerprint density at radius 3 is 2.92 bits per heavy atom. The highest BCUT2D eigenvalue weighted by molar-refractivity contribution is 7.15. The molecule has 0 aliphatic carbocycles. The molecule has 3 rings (SSSR count). The lowest BCUT2D eigenvalue weighted by molar-refractivity contribution is -0.116. The number of carbonyl (C=O) groups is 1. The lowest BCUT2D eigenvalue weighted by Gasteiger charge is -1.99. The van der Waals surface area contributed by atoms with Crippen LogP contribution in [0.2, 0.25) is 0 Å². The van der Waals surface area contributed by atoms with Gasteiger partial charge in [0.05, 0.1) is 0 Å². The van der Waals surface area contributed by atoms with E-state index in [1.165, 1.54) is 17.4 Å². The van der Waals surface area contributed by atoms with Gasteiger partial charge in [-0.2, -0.15) is 4.98 Å². The fourth-order valence-corrected chi connectivity index (χ4v) is 2.75. The molecule has 0 spiro atoms. The summed E-state index contributed by atoms with van der Waals surface area (Å²) >= 11 is 1.42. The van der Waals surface area contributed by atoms with Crippen LogP contribution >= 0.6 is 11.3 Å². The van der Waals surface area contributed by atoms with E-state index in [1.54, 1.807) is 25.3 Å². The summed E-state index contributed by atoms with van der Waals surface area (Å²) in [5, 5.41) is 7.17. The predicted octanol–water partition coefficient (Wildman–Crippen LogP) is 3.52. The molecule has 8 heteroatoms. The molecule has 0 aliphatic rings. The monoisotopic (exact) mass is 346 g/mol. The van der Waals surface area contributed by atoms with Crippen LogP contribution < -0.4 is 5.32 Å². The third kappa shape index (κ3) is 3.83. The van der Waals surface area contributed by atoms with Gasteiger partial charge in [0.25, 0.3) is 0 Å². The highest BCUT2D eigenvalue weighted by Gasteiger charge is 2.12. The quantitative estimate of drug-likeness (QED) is 0.764. The van der Waals surface area contributed by atoms with Gasteiger partial charge in [0, 0.05) is 29.5 Å². The third-order valence-corrected chi connectivity index (χ3v) is 4.15. The molecule has 0 atom stereocenters. The molecule has 3 aromatic rings. The number of benzene rings is 1. The summed E-state index contributed by atoms with van der Waals surface area (Å²) in [6.45, 7) is 3.59. The van der Waals surface area contributed by atoms with Crippen LogP contribution in [0, 0.1) is 19.7 Å². The maximum Gasteiger partial charge on any atom is 0.227 e. The van der Waals surface area contributed by atoms with Crippen LogP contribution in [0.25, 0.3) is 11.4 Å².